The average molecular weight is 549 g/mol. The number of anilines is 3. The number of aromatic hydroxyl groups is 3. The Bertz CT molecular complexity index is 1310. The van der Waals surface area contributed by atoms with E-state index in [1.807, 2.05) is 13.0 Å². The molecule has 1 amide bonds. The number of nitrogens with one attached hydrogen (secondary N) is 1. The van der Waals surface area contributed by atoms with E-state index in [1.54, 1.807) is 12.1 Å². The standard InChI is InChI=1S/C32H40N2O5.CH4/c1-20(2)9-5-10-21(3)11-6-12-22(4)16-17-34-24-19-26(36)28(27-15-8-18-39-27)31(37)30(24)33-29-23(32(34)38)13-7-14-25(29)35;/h7,9,11,13-14,16,19,27,33,35-37H,5-6,8,10,12,15,17-18H2,1-4H3;1H4/b21-11+,22-16+;. The van der Waals surface area contributed by atoms with Gasteiger partial charge in [0.15, 0.2) is 5.75 Å². The molecular formula is C33H44N2O5. The number of ether oxygens (including phenoxy) is 1. The van der Waals surface area contributed by atoms with Crippen molar-refractivity contribution in [1.29, 1.82) is 0 Å². The molecule has 2 aromatic rings. The van der Waals surface area contributed by atoms with Crippen molar-refractivity contribution in [2.45, 2.75) is 79.8 Å². The molecule has 0 saturated carbocycles. The van der Waals surface area contributed by atoms with Crippen LogP contribution in [0.5, 0.6) is 17.2 Å². The number of nitrogens with zero attached hydrogens (tertiary/aromatic N) is 1. The van der Waals surface area contributed by atoms with Gasteiger partial charge in [-0.25, -0.2) is 0 Å². The first-order valence-corrected chi connectivity index (χ1v) is 13.7. The summed E-state index contributed by atoms with van der Waals surface area (Å²) in [5, 5.41) is 35.9. The van der Waals surface area contributed by atoms with Crippen LogP contribution in [0.3, 0.4) is 0 Å². The van der Waals surface area contributed by atoms with E-state index in [9.17, 15) is 20.1 Å². The molecule has 0 spiro atoms. The highest BCUT2D eigenvalue weighted by Crippen LogP contribution is 2.51. The van der Waals surface area contributed by atoms with Crippen LogP contribution in [0.1, 0.15) is 95.7 Å². The Kier molecular flexibility index (Phi) is 10.5. The molecular weight excluding hydrogens is 504 g/mol. The lowest BCUT2D eigenvalue weighted by Gasteiger charge is -2.25. The highest BCUT2D eigenvalue weighted by molar-refractivity contribution is 6.15. The van der Waals surface area contributed by atoms with E-state index >= 15 is 0 Å². The second-order valence-electron chi connectivity index (χ2n) is 10.8. The minimum Gasteiger partial charge on any atom is -0.507 e. The molecule has 216 valence electrons. The van der Waals surface area contributed by atoms with Crippen molar-refractivity contribution in [3.05, 3.63) is 70.3 Å². The largest absolute Gasteiger partial charge is 0.507 e. The van der Waals surface area contributed by atoms with Crippen LogP contribution < -0.4 is 10.2 Å². The molecule has 40 heavy (non-hydrogen) atoms. The molecule has 4 N–H and O–H groups in total. The SMILES string of the molecule is C.CC(C)=CCC/C(C)=C/CC/C(C)=C/CN1C(=O)c2cccc(O)c2Nc2c1cc(O)c(C1CCCO1)c2O. The summed E-state index contributed by atoms with van der Waals surface area (Å²) in [6, 6.07) is 6.25. The lowest BCUT2D eigenvalue weighted by Crippen LogP contribution is -2.30. The van der Waals surface area contributed by atoms with Crippen molar-refractivity contribution < 1.29 is 24.9 Å². The third-order valence-electron chi connectivity index (χ3n) is 7.35. The molecule has 2 aliphatic heterocycles. The Morgan fingerprint density at radius 3 is 2.38 bits per heavy atom. The monoisotopic (exact) mass is 548 g/mol. The van der Waals surface area contributed by atoms with Gasteiger partial charge in [0.05, 0.1) is 28.6 Å². The van der Waals surface area contributed by atoms with Crippen molar-refractivity contribution in [3.63, 3.8) is 0 Å². The number of rotatable bonds is 9. The Hall–Kier alpha value is -3.71. The van der Waals surface area contributed by atoms with Crippen LogP contribution in [0.4, 0.5) is 17.1 Å². The van der Waals surface area contributed by atoms with Crippen molar-refractivity contribution in [2.75, 3.05) is 23.4 Å². The second-order valence-corrected chi connectivity index (χ2v) is 10.8. The number of carbonyl (C=O) groups excluding carboxylic acids is 1. The summed E-state index contributed by atoms with van der Waals surface area (Å²) < 4.78 is 5.73. The van der Waals surface area contributed by atoms with Gasteiger partial charge >= 0.3 is 0 Å². The first-order chi connectivity index (χ1) is 18.7. The van der Waals surface area contributed by atoms with Crippen LogP contribution in [0.25, 0.3) is 0 Å². The number of benzene rings is 2. The number of phenols is 3. The smallest absolute Gasteiger partial charge is 0.260 e. The fraction of sp³-hybridized carbons (Fsp3) is 0.424. The number of fused-ring (bicyclic) bond motifs is 2. The van der Waals surface area contributed by atoms with Crippen molar-refractivity contribution >= 4 is 23.0 Å². The van der Waals surface area contributed by atoms with E-state index in [1.165, 1.54) is 28.2 Å². The molecule has 2 aromatic carbocycles. The zero-order valence-electron chi connectivity index (χ0n) is 23.4. The molecule has 7 heteroatoms. The van der Waals surface area contributed by atoms with E-state index in [-0.39, 0.29) is 54.1 Å². The van der Waals surface area contributed by atoms with Crippen LogP contribution in [-0.2, 0) is 4.74 Å². The van der Waals surface area contributed by atoms with Gasteiger partial charge in [0.1, 0.15) is 17.2 Å². The third-order valence-corrected chi connectivity index (χ3v) is 7.35. The van der Waals surface area contributed by atoms with Gasteiger partial charge in [0.2, 0.25) is 0 Å². The zero-order chi connectivity index (χ0) is 28.1. The van der Waals surface area contributed by atoms with E-state index in [0.29, 0.717) is 24.3 Å². The molecule has 1 atom stereocenters. The molecule has 1 unspecified atom stereocenters. The Labute approximate surface area is 238 Å². The normalized spacial score (nSPS) is 16.9. The minimum atomic E-state index is -0.436. The molecule has 0 aliphatic carbocycles. The predicted octanol–water partition coefficient (Wildman–Crippen LogP) is 8.41. The predicted molar refractivity (Wildman–Crippen MR) is 163 cm³/mol. The summed E-state index contributed by atoms with van der Waals surface area (Å²) >= 11 is 0. The number of para-hydroxylation sites is 1. The van der Waals surface area contributed by atoms with Gasteiger partial charge in [-0.05, 0) is 78.4 Å². The van der Waals surface area contributed by atoms with Crippen LogP contribution in [0.2, 0.25) is 0 Å². The number of amides is 1. The number of hydrogen-bond donors (Lipinski definition) is 4. The molecule has 2 aliphatic rings. The van der Waals surface area contributed by atoms with E-state index in [0.717, 1.165) is 37.7 Å². The zero-order valence-corrected chi connectivity index (χ0v) is 23.4. The Morgan fingerprint density at radius 2 is 1.70 bits per heavy atom. The van der Waals surface area contributed by atoms with E-state index in [4.69, 9.17) is 4.74 Å². The van der Waals surface area contributed by atoms with Gasteiger partial charge in [-0.1, -0.05) is 48.4 Å². The lowest BCUT2D eigenvalue weighted by molar-refractivity contribution is 0.0991. The summed E-state index contributed by atoms with van der Waals surface area (Å²) in [7, 11) is 0. The topological polar surface area (TPSA) is 102 Å². The average Bonchev–Trinajstić information content (AvgIpc) is 3.37. The molecule has 1 saturated heterocycles. The fourth-order valence-electron chi connectivity index (χ4n) is 5.11. The first-order valence-electron chi connectivity index (χ1n) is 13.7. The summed E-state index contributed by atoms with van der Waals surface area (Å²) in [5.41, 5.74) is 5.24. The van der Waals surface area contributed by atoms with Crippen LogP contribution in [0.15, 0.2) is 59.2 Å². The summed E-state index contributed by atoms with van der Waals surface area (Å²) in [6.07, 6.45) is 11.5. The third kappa shape index (κ3) is 6.89. The van der Waals surface area contributed by atoms with Crippen LogP contribution in [-0.4, -0.2) is 34.4 Å². The Balaban J connectivity index is 0.00000441. The van der Waals surface area contributed by atoms with E-state index in [2.05, 4.69) is 38.2 Å². The molecule has 0 bridgehead atoms. The summed E-state index contributed by atoms with van der Waals surface area (Å²) in [6.45, 7) is 9.23. The highest BCUT2D eigenvalue weighted by atomic mass is 16.5. The van der Waals surface area contributed by atoms with Crippen molar-refractivity contribution in [1.82, 2.24) is 0 Å². The van der Waals surface area contributed by atoms with Crippen molar-refractivity contribution in [3.8, 4) is 17.2 Å². The highest BCUT2D eigenvalue weighted by Gasteiger charge is 2.34. The van der Waals surface area contributed by atoms with Gasteiger partial charge in [-0.3, -0.25) is 4.79 Å². The number of allylic oxidation sites excluding steroid dienone is 5. The van der Waals surface area contributed by atoms with Gasteiger partial charge in [0.25, 0.3) is 5.91 Å². The summed E-state index contributed by atoms with van der Waals surface area (Å²) in [5.74, 6) is -0.740. The van der Waals surface area contributed by atoms with Gasteiger partial charge in [0, 0.05) is 19.2 Å². The molecule has 7 nitrogen and oxygen atoms in total. The van der Waals surface area contributed by atoms with Gasteiger partial charge in [-0.2, -0.15) is 0 Å². The maximum atomic E-state index is 13.7. The number of phenolic OH excluding ortho intramolecular Hbond substituents is 3. The molecule has 0 radical (unpaired) electrons. The maximum absolute atomic E-state index is 13.7. The summed E-state index contributed by atoms with van der Waals surface area (Å²) in [4.78, 5) is 15.2. The Morgan fingerprint density at radius 1 is 1.00 bits per heavy atom. The second kappa shape index (κ2) is 13.6. The van der Waals surface area contributed by atoms with Gasteiger partial charge < -0.3 is 30.3 Å². The molecule has 2 heterocycles. The first kappa shape index (κ1) is 30.8. The van der Waals surface area contributed by atoms with Crippen LogP contribution in [0, 0.1) is 0 Å². The van der Waals surface area contributed by atoms with Crippen LogP contribution >= 0.6 is 0 Å². The molecule has 4 rings (SSSR count). The fourth-order valence-corrected chi connectivity index (χ4v) is 5.11. The lowest BCUT2D eigenvalue weighted by atomic mass is 10.0. The van der Waals surface area contributed by atoms with E-state index < -0.39 is 6.10 Å². The molecule has 1 fully saturated rings. The minimum absolute atomic E-state index is 0. The van der Waals surface area contributed by atoms with Gasteiger partial charge in [-0.15, -0.1) is 0 Å². The quantitative estimate of drug-likeness (QED) is 0.143. The molecule has 0 aromatic heterocycles. The number of hydrogen-bond acceptors (Lipinski definition) is 6. The number of carbonyl (C=O) groups is 1. The van der Waals surface area contributed by atoms with Crippen molar-refractivity contribution in [2.24, 2.45) is 0 Å². The maximum Gasteiger partial charge on any atom is 0.260 e.